The molecule has 2 unspecified atom stereocenters. The van der Waals surface area contributed by atoms with Crippen molar-refractivity contribution in [2.45, 2.75) is 38.0 Å². The number of alkyl halides is 1. The van der Waals surface area contributed by atoms with Gasteiger partial charge in [-0.1, -0.05) is 15.9 Å². The number of amides is 1. The maximum Gasteiger partial charge on any atom is 0.238 e. The van der Waals surface area contributed by atoms with Crippen LogP contribution in [0.1, 0.15) is 26.7 Å². The lowest BCUT2D eigenvalue weighted by atomic mass is 10.2. The van der Waals surface area contributed by atoms with Gasteiger partial charge in [0, 0.05) is 17.6 Å². The van der Waals surface area contributed by atoms with Crippen LogP contribution in [0.3, 0.4) is 0 Å². The lowest BCUT2D eigenvalue weighted by Crippen LogP contribution is -2.41. The van der Waals surface area contributed by atoms with Crippen LogP contribution < -0.4 is 5.32 Å². The molecule has 90 valence electrons. The van der Waals surface area contributed by atoms with E-state index in [9.17, 15) is 13.2 Å². The van der Waals surface area contributed by atoms with Crippen LogP contribution in [0.5, 0.6) is 0 Å². The van der Waals surface area contributed by atoms with Crippen LogP contribution >= 0.6 is 15.9 Å². The van der Waals surface area contributed by atoms with E-state index in [2.05, 4.69) is 21.2 Å². The zero-order valence-corrected chi connectivity index (χ0v) is 11.7. The van der Waals surface area contributed by atoms with Gasteiger partial charge in [-0.3, -0.25) is 4.79 Å². The molecule has 0 aromatic heterocycles. The minimum atomic E-state index is -3.29. The van der Waals surface area contributed by atoms with Crippen LogP contribution in [-0.4, -0.2) is 37.2 Å². The van der Waals surface area contributed by atoms with Gasteiger partial charge in [-0.2, -0.15) is 0 Å². The molecule has 6 heteroatoms. The number of rotatable bonds is 6. The first-order valence-electron chi connectivity index (χ1n) is 4.84. The van der Waals surface area contributed by atoms with Gasteiger partial charge in [0.1, 0.15) is 5.25 Å². The van der Waals surface area contributed by atoms with Gasteiger partial charge >= 0.3 is 0 Å². The maximum atomic E-state index is 11.5. The topological polar surface area (TPSA) is 63.2 Å². The Kier molecular flexibility index (Phi) is 6.43. The highest BCUT2D eigenvalue weighted by Gasteiger charge is 2.24. The molecule has 0 fully saturated rings. The zero-order chi connectivity index (χ0) is 12.1. The summed E-state index contributed by atoms with van der Waals surface area (Å²) in [6.45, 7) is 3.28. The van der Waals surface area contributed by atoms with Crippen molar-refractivity contribution in [2.75, 3.05) is 11.6 Å². The SMILES string of the molecule is CC(CCCBr)NC(=O)C(C)S(C)(=O)=O. The molecule has 4 nitrogen and oxygen atoms in total. The third-order valence-corrected chi connectivity index (χ3v) is 4.23. The first kappa shape index (κ1) is 14.9. The molecule has 0 bridgehead atoms. The van der Waals surface area contributed by atoms with Gasteiger partial charge in [0.2, 0.25) is 5.91 Å². The Morgan fingerprint density at radius 1 is 1.40 bits per heavy atom. The van der Waals surface area contributed by atoms with Crippen molar-refractivity contribution < 1.29 is 13.2 Å². The van der Waals surface area contributed by atoms with E-state index in [1.54, 1.807) is 0 Å². The highest BCUT2D eigenvalue weighted by atomic mass is 79.9. The van der Waals surface area contributed by atoms with E-state index >= 15 is 0 Å². The van der Waals surface area contributed by atoms with Gasteiger partial charge in [-0.25, -0.2) is 8.42 Å². The van der Waals surface area contributed by atoms with Crippen LogP contribution in [0.15, 0.2) is 0 Å². The number of hydrogen-bond donors (Lipinski definition) is 1. The molecular weight excluding hydrogens is 282 g/mol. The molecule has 1 amide bonds. The largest absolute Gasteiger partial charge is 0.353 e. The lowest BCUT2D eigenvalue weighted by Gasteiger charge is -2.16. The number of carbonyl (C=O) groups is 1. The standard InChI is InChI=1S/C9H18BrNO3S/c1-7(5-4-6-10)11-9(12)8(2)15(3,13)14/h7-8H,4-6H2,1-3H3,(H,11,12). The summed E-state index contributed by atoms with van der Waals surface area (Å²) >= 11 is 3.30. The van der Waals surface area contributed by atoms with Gasteiger partial charge in [-0.15, -0.1) is 0 Å². The molecule has 0 saturated carbocycles. The van der Waals surface area contributed by atoms with Crippen molar-refractivity contribution in [3.63, 3.8) is 0 Å². The van der Waals surface area contributed by atoms with Crippen LogP contribution in [0.2, 0.25) is 0 Å². The minimum absolute atomic E-state index is 0.0132. The molecule has 0 aromatic rings. The Balaban J connectivity index is 4.14. The first-order chi connectivity index (χ1) is 6.79. The molecule has 0 radical (unpaired) electrons. The van der Waals surface area contributed by atoms with E-state index in [0.717, 1.165) is 24.4 Å². The van der Waals surface area contributed by atoms with Crippen molar-refractivity contribution in [1.82, 2.24) is 5.32 Å². The summed E-state index contributed by atoms with van der Waals surface area (Å²) in [4.78, 5) is 11.5. The second kappa shape index (κ2) is 6.48. The molecule has 0 spiro atoms. The number of nitrogens with one attached hydrogen (secondary N) is 1. The monoisotopic (exact) mass is 299 g/mol. The average Bonchev–Trinajstić information content (AvgIpc) is 2.11. The Morgan fingerprint density at radius 2 is 1.93 bits per heavy atom. The second-order valence-electron chi connectivity index (χ2n) is 3.71. The minimum Gasteiger partial charge on any atom is -0.353 e. The summed E-state index contributed by atoms with van der Waals surface area (Å²) < 4.78 is 22.2. The molecule has 2 atom stereocenters. The van der Waals surface area contributed by atoms with Gasteiger partial charge in [0.25, 0.3) is 0 Å². The third kappa shape index (κ3) is 6.14. The highest BCUT2D eigenvalue weighted by molar-refractivity contribution is 9.09. The van der Waals surface area contributed by atoms with E-state index < -0.39 is 21.0 Å². The van der Waals surface area contributed by atoms with Crippen LogP contribution in [0.25, 0.3) is 0 Å². The van der Waals surface area contributed by atoms with Crippen molar-refractivity contribution >= 4 is 31.7 Å². The lowest BCUT2D eigenvalue weighted by molar-refractivity contribution is -0.121. The summed E-state index contributed by atoms with van der Waals surface area (Å²) in [5.41, 5.74) is 0. The van der Waals surface area contributed by atoms with Crippen LogP contribution in [0, 0.1) is 0 Å². The second-order valence-corrected chi connectivity index (χ2v) is 6.87. The highest BCUT2D eigenvalue weighted by Crippen LogP contribution is 2.02. The normalized spacial score (nSPS) is 15.7. The van der Waals surface area contributed by atoms with E-state index in [1.165, 1.54) is 6.92 Å². The van der Waals surface area contributed by atoms with E-state index in [0.29, 0.717) is 0 Å². The van der Waals surface area contributed by atoms with Gasteiger partial charge in [-0.05, 0) is 26.7 Å². The van der Waals surface area contributed by atoms with Crippen molar-refractivity contribution in [3.05, 3.63) is 0 Å². The molecule has 0 rings (SSSR count). The van der Waals surface area contributed by atoms with E-state index in [-0.39, 0.29) is 6.04 Å². The van der Waals surface area contributed by atoms with Gasteiger partial charge < -0.3 is 5.32 Å². The molecule has 0 aliphatic heterocycles. The predicted octanol–water partition coefficient (Wildman–Crippen LogP) is 1.10. The number of carbonyl (C=O) groups excluding carboxylic acids is 1. The first-order valence-corrected chi connectivity index (χ1v) is 7.92. The summed E-state index contributed by atoms with van der Waals surface area (Å²) in [5, 5.41) is 2.60. The number of sulfone groups is 1. The fourth-order valence-corrected chi connectivity index (χ4v) is 1.79. The predicted molar refractivity (Wildman–Crippen MR) is 64.9 cm³/mol. The van der Waals surface area contributed by atoms with Crippen LogP contribution in [-0.2, 0) is 14.6 Å². The Labute approximate surface area is 99.9 Å². The number of halogens is 1. The zero-order valence-electron chi connectivity index (χ0n) is 9.29. The summed E-state index contributed by atoms with van der Waals surface area (Å²) in [6, 6.07) is 0.0132. The Bertz CT molecular complexity index is 302. The van der Waals surface area contributed by atoms with Gasteiger partial charge in [0.15, 0.2) is 9.84 Å². The van der Waals surface area contributed by atoms with Crippen LogP contribution in [0.4, 0.5) is 0 Å². The molecule has 0 heterocycles. The quantitative estimate of drug-likeness (QED) is 0.747. The number of hydrogen-bond acceptors (Lipinski definition) is 3. The van der Waals surface area contributed by atoms with Crippen molar-refractivity contribution in [3.8, 4) is 0 Å². The maximum absolute atomic E-state index is 11.5. The van der Waals surface area contributed by atoms with Crippen molar-refractivity contribution in [2.24, 2.45) is 0 Å². The summed E-state index contributed by atoms with van der Waals surface area (Å²) in [5.74, 6) is -0.417. The van der Waals surface area contributed by atoms with Crippen molar-refractivity contribution in [1.29, 1.82) is 0 Å². The molecule has 0 aliphatic carbocycles. The Morgan fingerprint density at radius 3 is 2.33 bits per heavy atom. The molecular formula is C9H18BrNO3S. The van der Waals surface area contributed by atoms with E-state index in [4.69, 9.17) is 0 Å². The Hall–Kier alpha value is -0.100. The average molecular weight is 300 g/mol. The third-order valence-electron chi connectivity index (χ3n) is 2.17. The summed E-state index contributed by atoms with van der Waals surface area (Å²) in [7, 11) is -3.29. The fourth-order valence-electron chi connectivity index (χ4n) is 1.01. The fraction of sp³-hybridized carbons (Fsp3) is 0.889. The molecule has 0 aromatic carbocycles. The molecule has 0 aliphatic rings. The van der Waals surface area contributed by atoms with Gasteiger partial charge in [0.05, 0.1) is 0 Å². The molecule has 15 heavy (non-hydrogen) atoms. The molecule has 1 N–H and O–H groups in total. The summed E-state index contributed by atoms with van der Waals surface area (Å²) in [6.07, 6.45) is 2.86. The molecule has 0 saturated heterocycles. The van der Waals surface area contributed by atoms with E-state index in [1.807, 2.05) is 6.92 Å². The smallest absolute Gasteiger partial charge is 0.238 e.